The molecule has 0 aromatic carbocycles. The average Bonchev–Trinajstić information content (AvgIpc) is 2.37. The molecule has 1 aromatic heterocycles. The summed E-state index contributed by atoms with van der Waals surface area (Å²) in [7, 11) is 0. The summed E-state index contributed by atoms with van der Waals surface area (Å²) in [5, 5.41) is 1.77. The lowest BCUT2D eigenvalue weighted by molar-refractivity contribution is 0.970. The van der Waals surface area contributed by atoms with E-state index in [1.165, 1.54) is 11.5 Å². The summed E-state index contributed by atoms with van der Waals surface area (Å²) in [4.78, 5) is 4.16. The van der Waals surface area contributed by atoms with Crippen molar-refractivity contribution in [1.82, 2.24) is 9.36 Å². The highest BCUT2D eigenvalue weighted by Crippen LogP contribution is 2.15. The van der Waals surface area contributed by atoms with Gasteiger partial charge in [-0.3, -0.25) is 0 Å². The smallest absolute Gasteiger partial charge is 0.200 e. The van der Waals surface area contributed by atoms with E-state index in [1.807, 2.05) is 0 Å². The maximum atomic E-state index is 5.36. The molecule has 0 spiro atoms. The summed E-state index contributed by atoms with van der Waals surface area (Å²) in [5.74, 6) is 1.01. The van der Waals surface area contributed by atoms with E-state index in [2.05, 4.69) is 16.3 Å². The first-order valence-corrected chi connectivity index (χ1v) is 4.78. The molecule has 0 saturated heterocycles. The van der Waals surface area contributed by atoms with E-state index in [4.69, 9.17) is 5.73 Å². The molecule has 0 aliphatic rings. The van der Waals surface area contributed by atoms with Crippen LogP contribution >= 0.6 is 23.3 Å². The SMILES string of the molecule is CCSc1nsc(CN)n1. The van der Waals surface area contributed by atoms with Crippen LogP contribution in [0.5, 0.6) is 0 Å². The Balaban J connectivity index is 2.59. The number of thioether (sulfide) groups is 1. The Morgan fingerprint density at radius 2 is 2.50 bits per heavy atom. The van der Waals surface area contributed by atoms with Crippen LogP contribution in [0.3, 0.4) is 0 Å². The van der Waals surface area contributed by atoms with Crippen molar-refractivity contribution in [3.8, 4) is 0 Å². The highest BCUT2D eigenvalue weighted by molar-refractivity contribution is 7.99. The van der Waals surface area contributed by atoms with Crippen molar-refractivity contribution < 1.29 is 0 Å². The number of hydrogen-bond acceptors (Lipinski definition) is 5. The normalized spacial score (nSPS) is 10.2. The minimum Gasteiger partial charge on any atom is -0.324 e. The number of aromatic nitrogens is 2. The van der Waals surface area contributed by atoms with E-state index in [9.17, 15) is 0 Å². The van der Waals surface area contributed by atoms with Crippen LogP contribution in [-0.2, 0) is 6.54 Å². The first kappa shape index (κ1) is 7.97. The topological polar surface area (TPSA) is 51.8 Å². The summed E-state index contributed by atoms with van der Waals surface area (Å²) in [5.41, 5.74) is 5.36. The highest BCUT2D eigenvalue weighted by Gasteiger charge is 1.99. The van der Waals surface area contributed by atoms with E-state index in [1.54, 1.807) is 11.8 Å². The fourth-order valence-electron chi connectivity index (χ4n) is 0.510. The van der Waals surface area contributed by atoms with Gasteiger partial charge in [0, 0.05) is 6.54 Å². The Kier molecular flexibility index (Phi) is 3.11. The molecule has 0 saturated carbocycles. The predicted molar refractivity (Wildman–Crippen MR) is 44.2 cm³/mol. The van der Waals surface area contributed by atoms with E-state index >= 15 is 0 Å². The van der Waals surface area contributed by atoms with Gasteiger partial charge in [0.25, 0.3) is 0 Å². The molecular formula is C5H9N3S2. The third kappa shape index (κ3) is 1.93. The van der Waals surface area contributed by atoms with Gasteiger partial charge in [0.05, 0.1) is 0 Å². The van der Waals surface area contributed by atoms with Crippen LogP contribution < -0.4 is 5.73 Å². The van der Waals surface area contributed by atoms with Crippen LogP contribution in [0.2, 0.25) is 0 Å². The summed E-state index contributed by atoms with van der Waals surface area (Å²) < 4.78 is 4.09. The Bertz CT molecular complexity index is 199. The first-order chi connectivity index (χ1) is 4.86. The quantitative estimate of drug-likeness (QED) is 0.699. The number of nitrogens with zero attached hydrogens (tertiary/aromatic N) is 2. The fraction of sp³-hybridized carbons (Fsp3) is 0.600. The van der Waals surface area contributed by atoms with Crippen molar-refractivity contribution in [3.63, 3.8) is 0 Å². The van der Waals surface area contributed by atoms with Crippen molar-refractivity contribution >= 4 is 23.3 Å². The predicted octanol–water partition coefficient (Wildman–Crippen LogP) is 1.11. The lowest BCUT2D eigenvalue weighted by atomic mass is 10.7. The monoisotopic (exact) mass is 175 g/mol. The zero-order chi connectivity index (χ0) is 7.40. The van der Waals surface area contributed by atoms with E-state index in [0.29, 0.717) is 6.54 Å². The van der Waals surface area contributed by atoms with Gasteiger partial charge in [-0.25, -0.2) is 4.98 Å². The lowest BCUT2D eigenvalue weighted by Gasteiger charge is -1.85. The van der Waals surface area contributed by atoms with Crippen molar-refractivity contribution in [2.24, 2.45) is 5.73 Å². The fourth-order valence-corrected chi connectivity index (χ4v) is 1.75. The van der Waals surface area contributed by atoms with Gasteiger partial charge in [0.1, 0.15) is 5.01 Å². The van der Waals surface area contributed by atoms with E-state index in [-0.39, 0.29) is 0 Å². The third-order valence-electron chi connectivity index (χ3n) is 0.898. The zero-order valence-corrected chi connectivity index (χ0v) is 7.34. The van der Waals surface area contributed by atoms with E-state index < -0.39 is 0 Å². The minimum absolute atomic E-state index is 0.502. The molecule has 1 heterocycles. The molecule has 0 aliphatic carbocycles. The number of nitrogens with two attached hydrogens (primary N) is 1. The van der Waals surface area contributed by atoms with Crippen molar-refractivity contribution in [2.45, 2.75) is 18.6 Å². The largest absolute Gasteiger partial charge is 0.324 e. The molecule has 10 heavy (non-hydrogen) atoms. The van der Waals surface area contributed by atoms with Crippen LogP contribution in [0.4, 0.5) is 0 Å². The maximum Gasteiger partial charge on any atom is 0.200 e. The first-order valence-electron chi connectivity index (χ1n) is 3.02. The molecular weight excluding hydrogens is 166 g/mol. The van der Waals surface area contributed by atoms with Gasteiger partial charge < -0.3 is 5.73 Å². The van der Waals surface area contributed by atoms with Gasteiger partial charge in [-0.1, -0.05) is 18.7 Å². The summed E-state index contributed by atoms with van der Waals surface area (Å²) in [6, 6.07) is 0. The molecule has 0 amide bonds. The molecule has 0 aliphatic heterocycles. The van der Waals surface area contributed by atoms with Gasteiger partial charge in [0.2, 0.25) is 0 Å². The zero-order valence-electron chi connectivity index (χ0n) is 5.70. The Morgan fingerprint density at radius 1 is 1.70 bits per heavy atom. The van der Waals surface area contributed by atoms with Gasteiger partial charge in [-0.15, -0.1) is 0 Å². The van der Waals surface area contributed by atoms with Crippen molar-refractivity contribution in [1.29, 1.82) is 0 Å². The summed E-state index contributed by atoms with van der Waals surface area (Å²) in [6.07, 6.45) is 0. The number of hydrogen-bond donors (Lipinski definition) is 1. The van der Waals surface area contributed by atoms with Gasteiger partial charge in [-0.2, -0.15) is 4.37 Å². The standard InChI is InChI=1S/C5H9N3S2/c1-2-9-5-7-4(3-6)10-8-5/h2-3,6H2,1H3. The molecule has 56 valence electrons. The second kappa shape index (κ2) is 3.90. The molecule has 0 unspecified atom stereocenters. The molecule has 0 fully saturated rings. The lowest BCUT2D eigenvalue weighted by Crippen LogP contribution is -1.94. The molecule has 5 heteroatoms. The molecule has 2 N–H and O–H groups in total. The van der Waals surface area contributed by atoms with Gasteiger partial charge in [-0.05, 0) is 17.3 Å². The summed E-state index contributed by atoms with van der Waals surface area (Å²) >= 11 is 3.03. The van der Waals surface area contributed by atoms with Crippen LogP contribution in [0.25, 0.3) is 0 Å². The minimum atomic E-state index is 0.502. The van der Waals surface area contributed by atoms with E-state index in [0.717, 1.165) is 15.9 Å². The maximum absolute atomic E-state index is 5.36. The molecule has 1 aromatic rings. The molecule has 0 atom stereocenters. The Labute approximate surface area is 68.2 Å². The van der Waals surface area contributed by atoms with Crippen LogP contribution in [-0.4, -0.2) is 15.1 Å². The van der Waals surface area contributed by atoms with Crippen LogP contribution in [0.1, 0.15) is 11.9 Å². The molecule has 0 bridgehead atoms. The highest BCUT2D eigenvalue weighted by atomic mass is 32.2. The molecule has 1 rings (SSSR count). The third-order valence-corrected chi connectivity index (χ3v) is 2.48. The van der Waals surface area contributed by atoms with Crippen molar-refractivity contribution in [3.05, 3.63) is 5.01 Å². The number of rotatable bonds is 3. The van der Waals surface area contributed by atoms with Gasteiger partial charge in [0.15, 0.2) is 5.16 Å². The average molecular weight is 175 g/mol. The Morgan fingerprint density at radius 3 is 3.00 bits per heavy atom. The van der Waals surface area contributed by atoms with Gasteiger partial charge >= 0.3 is 0 Å². The van der Waals surface area contributed by atoms with Crippen LogP contribution in [0.15, 0.2) is 5.16 Å². The second-order valence-electron chi connectivity index (χ2n) is 1.61. The van der Waals surface area contributed by atoms with Crippen LogP contribution in [0, 0.1) is 0 Å². The molecule has 3 nitrogen and oxygen atoms in total. The summed E-state index contributed by atoms with van der Waals surface area (Å²) in [6.45, 7) is 2.58. The second-order valence-corrected chi connectivity index (χ2v) is 3.68. The Hall–Kier alpha value is -0.130. The molecule has 0 radical (unpaired) electrons. The van der Waals surface area contributed by atoms with Crippen molar-refractivity contribution in [2.75, 3.05) is 5.75 Å².